The van der Waals surface area contributed by atoms with Crippen molar-refractivity contribution in [2.75, 3.05) is 13.7 Å². The Balaban J connectivity index is 2.25. The minimum atomic E-state index is -0.0332. The summed E-state index contributed by atoms with van der Waals surface area (Å²) in [6.07, 6.45) is 0.608. The van der Waals surface area contributed by atoms with Crippen LogP contribution in [0.3, 0.4) is 0 Å². The smallest absolute Gasteiger partial charge is 0.117 e. The van der Waals surface area contributed by atoms with E-state index in [1.165, 1.54) is 0 Å². The number of H-pyrrole nitrogens is 1. The zero-order valence-electron chi connectivity index (χ0n) is 9.10. The van der Waals surface area contributed by atoms with Gasteiger partial charge in [-0.25, -0.2) is 4.98 Å². The van der Waals surface area contributed by atoms with E-state index in [4.69, 9.17) is 10.5 Å². The highest BCUT2D eigenvalue weighted by atomic mass is 16.5. The molecule has 16 heavy (non-hydrogen) atoms. The minimum absolute atomic E-state index is 0.0332. The van der Waals surface area contributed by atoms with Crippen molar-refractivity contribution in [3.05, 3.63) is 24.0 Å². The van der Waals surface area contributed by atoms with E-state index >= 15 is 0 Å². The first-order valence-corrected chi connectivity index (χ1v) is 5.13. The molecule has 0 aliphatic heterocycles. The van der Waals surface area contributed by atoms with Gasteiger partial charge < -0.3 is 20.6 Å². The average molecular weight is 221 g/mol. The molecule has 1 unspecified atom stereocenters. The molecule has 0 bridgehead atoms. The van der Waals surface area contributed by atoms with E-state index in [1.54, 1.807) is 25.3 Å². The van der Waals surface area contributed by atoms with E-state index in [2.05, 4.69) is 9.97 Å². The molecule has 0 fully saturated rings. The molecule has 0 radical (unpaired) electrons. The first-order chi connectivity index (χ1) is 7.72. The van der Waals surface area contributed by atoms with Gasteiger partial charge in [0.15, 0.2) is 0 Å². The number of benzene rings is 1. The van der Waals surface area contributed by atoms with Gasteiger partial charge in [0.2, 0.25) is 0 Å². The standard InChI is InChI=1S/C11H15N3O2/c1-16-8(6-12)5-11-13-9-3-2-7(15)4-10(9)14-11/h2-4,8,15H,5-6,12H2,1H3,(H,13,14). The summed E-state index contributed by atoms with van der Waals surface area (Å²) in [5, 5.41) is 9.32. The number of hydrogen-bond donors (Lipinski definition) is 3. The molecule has 2 rings (SSSR count). The summed E-state index contributed by atoms with van der Waals surface area (Å²) in [5.74, 6) is 1.04. The maximum atomic E-state index is 9.32. The number of fused-ring (bicyclic) bond motifs is 1. The SMILES string of the molecule is COC(CN)Cc1nc2ccc(O)cc2[nH]1. The topological polar surface area (TPSA) is 84.2 Å². The summed E-state index contributed by atoms with van der Waals surface area (Å²) in [7, 11) is 1.63. The molecule has 1 aromatic heterocycles. The van der Waals surface area contributed by atoms with E-state index in [9.17, 15) is 5.11 Å². The fraction of sp³-hybridized carbons (Fsp3) is 0.364. The van der Waals surface area contributed by atoms with Gasteiger partial charge in [-0.05, 0) is 12.1 Å². The van der Waals surface area contributed by atoms with Gasteiger partial charge in [0.05, 0.1) is 17.1 Å². The van der Waals surface area contributed by atoms with Crippen molar-refractivity contribution in [2.24, 2.45) is 5.73 Å². The van der Waals surface area contributed by atoms with Gasteiger partial charge in [-0.15, -0.1) is 0 Å². The van der Waals surface area contributed by atoms with Crippen molar-refractivity contribution in [1.82, 2.24) is 9.97 Å². The molecular formula is C11H15N3O2. The monoisotopic (exact) mass is 221 g/mol. The Bertz CT molecular complexity index is 477. The van der Waals surface area contributed by atoms with Crippen LogP contribution in [-0.2, 0) is 11.2 Å². The lowest BCUT2D eigenvalue weighted by molar-refractivity contribution is 0.108. The second-order valence-electron chi connectivity index (χ2n) is 3.68. The highest BCUT2D eigenvalue weighted by Gasteiger charge is 2.10. The summed E-state index contributed by atoms with van der Waals surface area (Å²) >= 11 is 0. The largest absolute Gasteiger partial charge is 0.508 e. The third-order valence-corrected chi connectivity index (χ3v) is 2.53. The van der Waals surface area contributed by atoms with Crippen molar-refractivity contribution in [3.8, 4) is 5.75 Å². The maximum Gasteiger partial charge on any atom is 0.117 e. The van der Waals surface area contributed by atoms with Crippen molar-refractivity contribution >= 4 is 11.0 Å². The second-order valence-corrected chi connectivity index (χ2v) is 3.68. The van der Waals surface area contributed by atoms with Gasteiger partial charge >= 0.3 is 0 Å². The molecule has 5 nitrogen and oxygen atoms in total. The molecule has 0 amide bonds. The average Bonchev–Trinajstić information content (AvgIpc) is 2.67. The van der Waals surface area contributed by atoms with Crippen LogP contribution in [0.5, 0.6) is 5.75 Å². The van der Waals surface area contributed by atoms with Crippen LogP contribution in [0.1, 0.15) is 5.82 Å². The zero-order chi connectivity index (χ0) is 11.5. The first kappa shape index (κ1) is 10.9. The third-order valence-electron chi connectivity index (χ3n) is 2.53. The lowest BCUT2D eigenvalue weighted by Gasteiger charge is -2.09. The van der Waals surface area contributed by atoms with Crippen molar-refractivity contribution in [1.29, 1.82) is 0 Å². The molecule has 2 aromatic rings. The van der Waals surface area contributed by atoms with Crippen LogP contribution in [0.2, 0.25) is 0 Å². The van der Waals surface area contributed by atoms with Crippen molar-refractivity contribution in [2.45, 2.75) is 12.5 Å². The Morgan fingerprint density at radius 1 is 1.56 bits per heavy atom. The second kappa shape index (κ2) is 4.51. The Morgan fingerprint density at radius 2 is 2.38 bits per heavy atom. The van der Waals surface area contributed by atoms with Crippen LogP contribution in [0, 0.1) is 0 Å². The Kier molecular flexibility index (Phi) is 3.07. The zero-order valence-corrected chi connectivity index (χ0v) is 9.10. The first-order valence-electron chi connectivity index (χ1n) is 5.13. The van der Waals surface area contributed by atoms with Crippen molar-refractivity contribution < 1.29 is 9.84 Å². The Labute approximate surface area is 93.2 Å². The van der Waals surface area contributed by atoms with E-state index in [0.717, 1.165) is 16.9 Å². The molecular weight excluding hydrogens is 206 g/mol. The maximum absolute atomic E-state index is 9.32. The van der Waals surface area contributed by atoms with Crippen LogP contribution in [0.25, 0.3) is 11.0 Å². The number of nitrogens with two attached hydrogens (primary N) is 1. The predicted octanol–water partition coefficient (Wildman–Crippen LogP) is 0.785. The number of rotatable bonds is 4. The molecule has 0 saturated heterocycles. The molecule has 1 atom stereocenters. The molecule has 1 heterocycles. The number of aromatic amines is 1. The van der Waals surface area contributed by atoms with Gasteiger partial charge in [-0.1, -0.05) is 0 Å². The number of hydrogen-bond acceptors (Lipinski definition) is 4. The summed E-state index contributed by atoms with van der Waals surface area (Å²) < 4.78 is 5.19. The normalized spacial score (nSPS) is 13.1. The van der Waals surface area contributed by atoms with Gasteiger partial charge in [-0.2, -0.15) is 0 Å². The van der Waals surface area contributed by atoms with E-state index in [-0.39, 0.29) is 11.9 Å². The quantitative estimate of drug-likeness (QED) is 0.712. The fourth-order valence-electron chi connectivity index (χ4n) is 1.63. The van der Waals surface area contributed by atoms with E-state index in [0.29, 0.717) is 13.0 Å². The molecule has 0 saturated carbocycles. The molecule has 0 aliphatic carbocycles. The molecule has 4 N–H and O–H groups in total. The van der Waals surface area contributed by atoms with Crippen LogP contribution < -0.4 is 5.73 Å². The highest BCUT2D eigenvalue weighted by Crippen LogP contribution is 2.18. The third kappa shape index (κ3) is 2.15. The van der Waals surface area contributed by atoms with E-state index in [1.807, 2.05) is 0 Å². The number of methoxy groups -OCH3 is 1. The Hall–Kier alpha value is -1.59. The minimum Gasteiger partial charge on any atom is -0.508 e. The summed E-state index contributed by atoms with van der Waals surface area (Å²) in [6.45, 7) is 0.457. The number of aromatic hydroxyl groups is 1. The number of phenols is 1. The lowest BCUT2D eigenvalue weighted by Crippen LogP contribution is -2.25. The van der Waals surface area contributed by atoms with E-state index < -0.39 is 0 Å². The van der Waals surface area contributed by atoms with Gasteiger partial charge in [0.25, 0.3) is 0 Å². The van der Waals surface area contributed by atoms with Gasteiger partial charge in [0.1, 0.15) is 11.6 Å². The summed E-state index contributed by atoms with van der Waals surface area (Å²) in [4.78, 5) is 7.52. The molecule has 0 aliphatic rings. The van der Waals surface area contributed by atoms with Crippen LogP contribution in [-0.4, -0.2) is 34.8 Å². The molecule has 5 heteroatoms. The molecule has 0 spiro atoms. The number of nitrogens with zero attached hydrogens (tertiary/aromatic N) is 1. The lowest BCUT2D eigenvalue weighted by atomic mass is 10.2. The molecule has 86 valence electrons. The number of nitrogens with one attached hydrogen (secondary N) is 1. The Morgan fingerprint density at radius 3 is 3.06 bits per heavy atom. The predicted molar refractivity (Wildman–Crippen MR) is 61.3 cm³/mol. The number of phenolic OH excluding ortho intramolecular Hbond substituents is 1. The number of imidazole rings is 1. The van der Waals surface area contributed by atoms with Gasteiger partial charge in [0, 0.05) is 26.1 Å². The van der Waals surface area contributed by atoms with Gasteiger partial charge in [-0.3, -0.25) is 0 Å². The molecule has 1 aromatic carbocycles. The van der Waals surface area contributed by atoms with Crippen LogP contribution in [0.4, 0.5) is 0 Å². The summed E-state index contributed by atoms with van der Waals surface area (Å²) in [5.41, 5.74) is 7.20. The number of aromatic nitrogens is 2. The fourth-order valence-corrected chi connectivity index (χ4v) is 1.63. The van der Waals surface area contributed by atoms with Crippen LogP contribution >= 0.6 is 0 Å². The number of ether oxygens (including phenoxy) is 1. The highest BCUT2D eigenvalue weighted by molar-refractivity contribution is 5.76. The summed E-state index contributed by atoms with van der Waals surface area (Å²) in [6, 6.07) is 5.04. The van der Waals surface area contributed by atoms with Crippen LogP contribution in [0.15, 0.2) is 18.2 Å². The van der Waals surface area contributed by atoms with Crippen molar-refractivity contribution in [3.63, 3.8) is 0 Å².